The Bertz CT molecular complexity index is 1110. The van der Waals surface area contributed by atoms with Gasteiger partial charge in [0.2, 0.25) is 5.70 Å². The Morgan fingerprint density at radius 1 is 1.27 bits per heavy atom. The number of para-hydroxylation sites is 2. The van der Waals surface area contributed by atoms with Crippen molar-refractivity contribution in [3.63, 3.8) is 0 Å². The zero-order valence-corrected chi connectivity index (χ0v) is 18.9. The van der Waals surface area contributed by atoms with Crippen LogP contribution in [0.2, 0.25) is 10.0 Å². The van der Waals surface area contributed by atoms with E-state index in [1.165, 1.54) is 11.8 Å². The molecule has 2 N–H and O–H groups in total. The van der Waals surface area contributed by atoms with E-state index in [0.717, 1.165) is 0 Å². The number of hydrogen-bond acceptors (Lipinski definition) is 4. The molecule has 1 heterocycles. The van der Waals surface area contributed by atoms with E-state index in [9.17, 15) is 4.79 Å². The van der Waals surface area contributed by atoms with Crippen molar-refractivity contribution in [3.8, 4) is 5.75 Å². The first kappa shape index (κ1) is 22.1. The van der Waals surface area contributed by atoms with Gasteiger partial charge in [-0.15, -0.1) is 11.8 Å². The lowest BCUT2D eigenvalue weighted by atomic mass is 9.85. The molecule has 8 heteroatoms. The number of nitrogens with one attached hydrogen (secondary N) is 2. The quantitative estimate of drug-likeness (QED) is 0.534. The number of rotatable bonds is 5. The Kier molecular flexibility index (Phi) is 6.99. The number of allylic oxidation sites excluding steroid dienone is 2. The topological polar surface area (TPSA) is 54.7 Å². The van der Waals surface area contributed by atoms with Gasteiger partial charge in [0.1, 0.15) is 5.75 Å². The van der Waals surface area contributed by atoms with E-state index in [-0.39, 0.29) is 5.91 Å². The van der Waals surface area contributed by atoms with E-state index in [4.69, 9.17) is 34.5 Å². The average Bonchev–Trinajstić information content (AvgIpc) is 2.73. The highest BCUT2D eigenvalue weighted by Crippen LogP contribution is 2.44. The third-order valence-electron chi connectivity index (χ3n) is 4.70. The molecule has 1 aliphatic heterocycles. The van der Waals surface area contributed by atoms with Crippen LogP contribution in [0.3, 0.4) is 0 Å². The Hall–Kier alpha value is -2.59. The molecule has 1 unspecified atom stereocenters. The largest absolute Gasteiger partial charge is 0.495 e. The fourth-order valence-electron chi connectivity index (χ4n) is 3.33. The summed E-state index contributed by atoms with van der Waals surface area (Å²) in [6.07, 6.45) is 1.88. The van der Waals surface area contributed by atoms with Crippen molar-refractivity contribution in [2.45, 2.75) is 12.8 Å². The second-order valence-corrected chi connectivity index (χ2v) is 8.11. The normalized spacial score (nSPS) is 16.1. The molecular formula is C22H19Cl2N3O2S. The summed E-state index contributed by atoms with van der Waals surface area (Å²) < 4.78 is 5.34. The lowest BCUT2D eigenvalue weighted by Crippen LogP contribution is -2.30. The number of anilines is 1. The predicted octanol–water partition coefficient (Wildman–Crippen LogP) is 6.05. The summed E-state index contributed by atoms with van der Waals surface area (Å²) in [4.78, 5) is 17.1. The minimum Gasteiger partial charge on any atom is -0.495 e. The number of carbonyl (C=O) groups is 1. The van der Waals surface area contributed by atoms with Crippen LogP contribution < -0.4 is 15.4 Å². The second kappa shape index (κ2) is 9.48. The van der Waals surface area contributed by atoms with E-state index < -0.39 is 5.92 Å². The molecule has 2 aromatic carbocycles. The van der Waals surface area contributed by atoms with Gasteiger partial charge in [0.25, 0.3) is 5.91 Å². The molecule has 30 heavy (non-hydrogen) atoms. The number of hydrogen-bond donors (Lipinski definition) is 2. The van der Waals surface area contributed by atoms with Crippen LogP contribution in [0, 0.1) is 6.57 Å². The molecule has 1 aliphatic rings. The third-order valence-corrected chi connectivity index (χ3v) is 5.98. The summed E-state index contributed by atoms with van der Waals surface area (Å²) in [5.74, 6) is -0.438. The lowest BCUT2D eigenvalue weighted by Gasteiger charge is -2.30. The maximum atomic E-state index is 13.4. The Morgan fingerprint density at radius 2 is 2.00 bits per heavy atom. The van der Waals surface area contributed by atoms with Gasteiger partial charge in [-0.3, -0.25) is 4.79 Å². The summed E-state index contributed by atoms with van der Waals surface area (Å²) in [7, 11) is 1.54. The van der Waals surface area contributed by atoms with Gasteiger partial charge >= 0.3 is 0 Å². The summed E-state index contributed by atoms with van der Waals surface area (Å²) >= 11 is 14.0. The summed E-state index contributed by atoms with van der Waals surface area (Å²) in [5, 5.41) is 7.66. The Labute approximate surface area is 189 Å². The first-order valence-electron chi connectivity index (χ1n) is 8.94. The molecule has 0 bridgehead atoms. The van der Waals surface area contributed by atoms with Crippen LogP contribution in [-0.4, -0.2) is 19.3 Å². The van der Waals surface area contributed by atoms with Crippen LogP contribution >= 0.6 is 35.0 Å². The SMILES string of the molecule is [C-]#[N+]C1=C(SC)NC(C)=C(C(=O)Nc2ccccc2OC)C1c1ccc(Cl)cc1Cl. The standard InChI is InChI=1S/C22H19Cl2N3O2S/c1-12-18(21(28)27-16-7-5-6-8-17(16)29-3)19(20(25-2)22(26-12)30-4)14-10-9-13(23)11-15(14)24/h5-11,19,26H,1,3-4H3,(H,27,28). The minimum atomic E-state index is -0.634. The first-order chi connectivity index (χ1) is 14.4. The highest BCUT2D eigenvalue weighted by atomic mass is 35.5. The average molecular weight is 460 g/mol. The van der Waals surface area contributed by atoms with Gasteiger partial charge < -0.3 is 15.4 Å². The van der Waals surface area contributed by atoms with Crippen molar-refractivity contribution >= 4 is 46.6 Å². The fraction of sp³-hybridized carbons (Fsp3) is 0.182. The molecule has 0 aromatic heterocycles. The Morgan fingerprint density at radius 3 is 2.63 bits per heavy atom. The van der Waals surface area contributed by atoms with Crippen LogP contribution in [0.25, 0.3) is 4.85 Å². The molecule has 5 nitrogen and oxygen atoms in total. The number of ether oxygens (including phenoxy) is 1. The molecule has 0 saturated carbocycles. The molecule has 2 aromatic rings. The highest BCUT2D eigenvalue weighted by molar-refractivity contribution is 8.02. The summed E-state index contributed by atoms with van der Waals surface area (Å²) in [6, 6.07) is 12.2. The second-order valence-electron chi connectivity index (χ2n) is 6.45. The van der Waals surface area contributed by atoms with Crippen molar-refractivity contribution in [2.75, 3.05) is 18.7 Å². The van der Waals surface area contributed by atoms with Crippen molar-refractivity contribution < 1.29 is 9.53 Å². The number of nitrogens with zero attached hydrogens (tertiary/aromatic N) is 1. The summed E-state index contributed by atoms with van der Waals surface area (Å²) in [6.45, 7) is 9.59. The predicted molar refractivity (Wildman–Crippen MR) is 124 cm³/mol. The van der Waals surface area contributed by atoms with Crippen molar-refractivity contribution in [1.29, 1.82) is 0 Å². The van der Waals surface area contributed by atoms with Gasteiger partial charge in [-0.2, -0.15) is 0 Å². The molecule has 0 radical (unpaired) electrons. The minimum absolute atomic E-state index is 0.346. The van der Waals surface area contributed by atoms with E-state index in [0.29, 0.717) is 49.0 Å². The van der Waals surface area contributed by atoms with Gasteiger partial charge in [0.15, 0.2) is 0 Å². The number of halogens is 2. The molecular weight excluding hydrogens is 441 g/mol. The van der Waals surface area contributed by atoms with Gasteiger partial charge in [0, 0.05) is 21.3 Å². The zero-order chi connectivity index (χ0) is 21.8. The number of thioether (sulfide) groups is 1. The van der Waals surface area contributed by atoms with Crippen molar-refractivity contribution in [3.05, 3.63) is 91.5 Å². The van der Waals surface area contributed by atoms with E-state index in [2.05, 4.69) is 15.5 Å². The molecule has 1 amide bonds. The zero-order valence-electron chi connectivity index (χ0n) is 16.5. The van der Waals surface area contributed by atoms with Crippen LogP contribution in [0.15, 0.2) is 64.5 Å². The maximum absolute atomic E-state index is 13.4. The monoisotopic (exact) mass is 459 g/mol. The number of amides is 1. The van der Waals surface area contributed by atoms with Crippen molar-refractivity contribution in [1.82, 2.24) is 5.32 Å². The van der Waals surface area contributed by atoms with Gasteiger partial charge in [-0.1, -0.05) is 41.4 Å². The van der Waals surface area contributed by atoms with Crippen LogP contribution in [-0.2, 0) is 4.79 Å². The molecule has 0 spiro atoms. The van der Waals surface area contributed by atoms with Gasteiger partial charge in [-0.05, 0) is 43.0 Å². The molecule has 154 valence electrons. The smallest absolute Gasteiger partial charge is 0.253 e. The number of benzene rings is 2. The molecule has 0 aliphatic carbocycles. The van der Waals surface area contributed by atoms with E-state index in [1.54, 1.807) is 37.4 Å². The third kappa shape index (κ3) is 4.29. The molecule has 0 fully saturated rings. The van der Waals surface area contributed by atoms with Crippen LogP contribution in [0.5, 0.6) is 5.75 Å². The lowest BCUT2D eigenvalue weighted by molar-refractivity contribution is -0.113. The number of methoxy groups -OCH3 is 1. The van der Waals surface area contributed by atoms with Gasteiger partial charge in [0.05, 0.1) is 30.3 Å². The van der Waals surface area contributed by atoms with E-state index in [1.807, 2.05) is 25.3 Å². The molecule has 1 atom stereocenters. The molecule has 3 rings (SSSR count). The number of dihydropyridines is 1. The maximum Gasteiger partial charge on any atom is 0.253 e. The molecule has 0 saturated heterocycles. The fourth-order valence-corrected chi connectivity index (χ4v) is 4.48. The highest BCUT2D eigenvalue weighted by Gasteiger charge is 2.36. The first-order valence-corrected chi connectivity index (χ1v) is 10.9. The summed E-state index contributed by atoms with van der Waals surface area (Å²) in [5.41, 5.74) is 2.64. The number of carbonyl (C=O) groups excluding carboxylic acids is 1. The van der Waals surface area contributed by atoms with Gasteiger partial charge in [-0.25, -0.2) is 4.85 Å². The Balaban J connectivity index is 2.12. The van der Waals surface area contributed by atoms with Crippen LogP contribution in [0.1, 0.15) is 18.4 Å². The van der Waals surface area contributed by atoms with Crippen molar-refractivity contribution in [2.24, 2.45) is 0 Å². The van der Waals surface area contributed by atoms with E-state index >= 15 is 0 Å². The van der Waals surface area contributed by atoms with Crippen LogP contribution in [0.4, 0.5) is 5.69 Å².